The summed E-state index contributed by atoms with van der Waals surface area (Å²) < 4.78 is 0. The Morgan fingerprint density at radius 2 is 2.50 bits per heavy atom. The number of aryl methyl sites for hydroxylation is 1. The van der Waals surface area contributed by atoms with Gasteiger partial charge in [-0.3, -0.25) is 4.79 Å². The van der Waals surface area contributed by atoms with Crippen LogP contribution in [0.2, 0.25) is 0 Å². The molecule has 0 fully saturated rings. The van der Waals surface area contributed by atoms with Crippen LogP contribution in [0.5, 0.6) is 0 Å². The fourth-order valence-corrected chi connectivity index (χ4v) is 1.62. The maximum Gasteiger partial charge on any atom is 0.160 e. The lowest BCUT2D eigenvalue weighted by Gasteiger charge is -1.86. The lowest BCUT2D eigenvalue weighted by Crippen LogP contribution is -1.75. The molecular formula is C8H10OS. The zero-order chi connectivity index (χ0) is 7.40. The van der Waals surface area contributed by atoms with E-state index in [1.54, 1.807) is 0 Å². The molecular weight excluding hydrogens is 144 g/mol. The van der Waals surface area contributed by atoms with Gasteiger partial charge in [-0.2, -0.15) is 0 Å². The zero-order valence-electron chi connectivity index (χ0n) is 5.96. The van der Waals surface area contributed by atoms with E-state index in [0.29, 0.717) is 0 Å². The normalized spacial score (nSPS) is 9.70. The third-order valence-corrected chi connectivity index (χ3v) is 2.24. The SMILES string of the molecule is CCCc1csc(C=O)c1. The van der Waals surface area contributed by atoms with Crippen molar-refractivity contribution in [2.45, 2.75) is 19.8 Å². The second-order valence-electron chi connectivity index (χ2n) is 2.23. The van der Waals surface area contributed by atoms with Crippen molar-refractivity contribution in [3.05, 3.63) is 21.9 Å². The molecule has 1 nitrogen and oxygen atoms in total. The molecule has 0 N–H and O–H groups in total. The Bertz CT molecular complexity index is 215. The fourth-order valence-electron chi connectivity index (χ4n) is 0.876. The van der Waals surface area contributed by atoms with Crippen LogP contribution in [-0.4, -0.2) is 6.29 Å². The number of carbonyl (C=O) groups is 1. The van der Waals surface area contributed by atoms with Gasteiger partial charge in [0.05, 0.1) is 4.88 Å². The van der Waals surface area contributed by atoms with Gasteiger partial charge in [-0.05, 0) is 23.4 Å². The van der Waals surface area contributed by atoms with E-state index in [-0.39, 0.29) is 0 Å². The smallest absolute Gasteiger partial charge is 0.160 e. The van der Waals surface area contributed by atoms with E-state index < -0.39 is 0 Å². The standard InChI is InChI=1S/C8H10OS/c1-2-3-7-4-8(5-9)10-6-7/h4-6H,2-3H2,1H3. The predicted molar refractivity (Wildman–Crippen MR) is 43.7 cm³/mol. The molecule has 0 spiro atoms. The summed E-state index contributed by atoms with van der Waals surface area (Å²) >= 11 is 1.52. The number of rotatable bonds is 3. The van der Waals surface area contributed by atoms with Crippen LogP contribution in [0.1, 0.15) is 28.6 Å². The molecule has 1 aromatic heterocycles. The van der Waals surface area contributed by atoms with Gasteiger partial charge in [-0.15, -0.1) is 11.3 Å². The second kappa shape index (κ2) is 3.52. The molecule has 0 saturated carbocycles. The molecule has 54 valence electrons. The molecule has 0 amide bonds. The van der Waals surface area contributed by atoms with E-state index in [4.69, 9.17) is 0 Å². The predicted octanol–water partition coefficient (Wildman–Crippen LogP) is 2.51. The minimum atomic E-state index is 0.837. The Morgan fingerprint density at radius 3 is 3.00 bits per heavy atom. The van der Waals surface area contributed by atoms with Crippen molar-refractivity contribution < 1.29 is 4.79 Å². The van der Waals surface area contributed by atoms with Gasteiger partial charge in [0.1, 0.15) is 0 Å². The van der Waals surface area contributed by atoms with Gasteiger partial charge < -0.3 is 0 Å². The van der Waals surface area contributed by atoms with E-state index in [1.165, 1.54) is 16.9 Å². The average Bonchev–Trinajstić information content (AvgIpc) is 2.37. The monoisotopic (exact) mass is 154 g/mol. The van der Waals surface area contributed by atoms with Gasteiger partial charge >= 0.3 is 0 Å². The van der Waals surface area contributed by atoms with Crippen LogP contribution in [0.3, 0.4) is 0 Å². The molecule has 10 heavy (non-hydrogen) atoms. The van der Waals surface area contributed by atoms with Crippen LogP contribution in [-0.2, 0) is 6.42 Å². The summed E-state index contributed by atoms with van der Waals surface area (Å²) in [5, 5.41) is 2.05. The number of carbonyl (C=O) groups excluding carboxylic acids is 1. The first-order valence-electron chi connectivity index (χ1n) is 3.39. The minimum Gasteiger partial charge on any atom is -0.297 e. The van der Waals surface area contributed by atoms with Crippen LogP contribution in [0.4, 0.5) is 0 Å². The zero-order valence-corrected chi connectivity index (χ0v) is 6.78. The van der Waals surface area contributed by atoms with Crippen LogP contribution >= 0.6 is 11.3 Å². The van der Waals surface area contributed by atoms with Crippen molar-refractivity contribution in [3.63, 3.8) is 0 Å². The molecule has 0 aliphatic rings. The van der Waals surface area contributed by atoms with E-state index in [9.17, 15) is 4.79 Å². The molecule has 0 unspecified atom stereocenters. The highest BCUT2D eigenvalue weighted by molar-refractivity contribution is 7.11. The molecule has 1 rings (SSSR count). The molecule has 0 saturated heterocycles. The summed E-state index contributed by atoms with van der Waals surface area (Å²) in [6, 6.07) is 1.96. The van der Waals surface area contributed by atoms with Crippen LogP contribution in [0.15, 0.2) is 11.4 Å². The molecule has 0 atom stereocenters. The van der Waals surface area contributed by atoms with Crippen molar-refractivity contribution >= 4 is 17.6 Å². The van der Waals surface area contributed by atoms with Crippen LogP contribution in [0.25, 0.3) is 0 Å². The molecule has 0 aliphatic heterocycles. The van der Waals surface area contributed by atoms with E-state index >= 15 is 0 Å². The summed E-state index contributed by atoms with van der Waals surface area (Å²) in [6.07, 6.45) is 3.14. The van der Waals surface area contributed by atoms with E-state index in [2.05, 4.69) is 6.92 Å². The van der Waals surface area contributed by atoms with Gasteiger partial charge in [0.2, 0.25) is 0 Å². The molecule has 1 aromatic rings. The van der Waals surface area contributed by atoms with Crippen LogP contribution < -0.4 is 0 Å². The van der Waals surface area contributed by atoms with Gasteiger partial charge in [-0.25, -0.2) is 0 Å². The molecule has 0 radical (unpaired) electrons. The van der Waals surface area contributed by atoms with Crippen molar-refractivity contribution in [1.29, 1.82) is 0 Å². The third kappa shape index (κ3) is 1.67. The average molecular weight is 154 g/mol. The summed E-state index contributed by atoms with van der Waals surface area (Å²) in [5.74, 6) is 0. The van der Waals surface area contributed by atoms with Crippen LogP contribution in [0, 0.1) is 0 Å². The molecule has 0 aliphatic carbocycles. The molecule has 0 bridgehead atoms. The number of hydrogen-bond acceptors (Lipinski definition) is 2. The first-order chi connectivity index (χ1) is 4.86. The van der Waals surface area contributed by atoms with Gasteiger partial charge in [0, 0.05) is 0 Å². The highest BCUT2D eigenvalue weighted by Gasteiger charge is 1.95. The Labute approximate surface area is 64.7 Å². The highest BCUT2D eigenvalue weighted by atomic mass is 32.1. The fraction of sp³-hybridized carbons (Fsp3) is 0.375. The molecule has 0 aromatic carbocycles. The van der Waals surface area contributed by atoms with E-state index in [0.717, 1.165) is 24.0 Å². The second-order valence-corrected chi connectivity index (χ2v) is 3.17. The Kier molecular flexibility index (Phi) is 2.63. The maximum absolute atomic E-state index is 10.2. The summed E-state index contributed by atoms with van der Waals surface area (Å²) in [6.45, 7) is 2.14. The first kappa shape index (κ1) is 7.48. The summed E-state index contributed by atoms with van der Waals surface area (Å²) in [4.78, 5) is 11.1. The summed E-state index contributed by atoms with van der Waals surface area (Å²) in [7, 11) is 0. The Hall–Kier alpha value is -0.630. The lowest BCUT2D eigenvalue weighted by atomic mass is 10.2. The van der Waals surface area contributed by atoms with Crippen molar-refractivity contribution in [2.75, 3.05) is 0 Å². The van der Waals surface area contributed by atoms with Crippen molar-refractivity contribution in [3.8, 4) is 0 Å². The van der Waals surface area contributed by atoms with Gasteiger partial charge in [-0.1, -0.05) is 13.3 Å². The molecule has 1 heterocycles. The Morgan fingerprint density at radius 1 is 1.70 bits per heavy atom. The Balaban J connectivity index is 2.68. The number of aldehydes is 1. The maximum atomic E-state index is 10.2. The first-order valence-corrected chi connectivity index (χ1v) is 4.27. The lowest BCUT2D eigenvalue weighted by molar-refractivity contribution is 0.112. The minimum absolute atomic E-state index is 0.837. The molecule has 2 heteroatoms. The number of hydrogen-bond donors (Lipinski definition) is 0. The van der Waals surface area contributed by atoms with E-state index in [1.807, 2.05) is 11.4 Å². The highest BCUT2D eigenvalue weighted by Crippen LogP contribution is 2.13. The van der Waals surface area contributed by atoms with Gasteiger partial charge in [0.15, 0.2) is 6.29 Å². The van der Waals surface area contributed by atoms with Gasteiger partial charge in [0.25, 0.3) is 0 Å². The largest absolute Gasteiger partial charge is 0.297 e. The van der Waals surface area contributed by atoms with Crippen molar-refractivity contribution in [1.82, 2.24) is 0 Å². The third-order valence-electron chi connectivity index (χ3n) is 1.33. The van der Waals surface area contributed by atoms with Crippen molar-refractivity contribution in [2.24, 2.45) is 0 Å². The summed E-state index contributed by atoms with van der Waals surface area (Å²) in [5.41, 5.74) is 1.29. The quantitative estimate of drug-likeness (QED) is 0.611. The topological polar surface area (TPSA) is 17.1 Å². The number of thiophene rings is 1.